The minimum absolute atomic E-state index is 0.421. The second kappa shape index (κ2) is 4.81. The highest BCUT2D eigenvalue weighted by Gasteiger charge is 2.07. The van der Waals surface area contributed by atoms with Gasteiger partial charge in [-0.05, 0) is 31.2 Å². The molecule has 2 rings (SSSR count). The first kappa shape index (κ1) is 12.0. The van der Waals surface area contributed by atoms with Crippen molar-refractivity contribution in [3.05, 3.63) is 40.9 Å². The summed E-state index contributed by atoms with van der Waals surface area (Å²) in [4.78, 5) is 6.90. The van der Waals surface area contributed by atoms with Crippen molar-refractivity contribution in [1.29, 1.82) is 0 Å². The Bertz CT molecular complexity index is 531. The van der Waals surface area contributed by atoms with E-state index in [1.54, 1.807) is 11.3 Å². The zero-order chi connectivity index (χ0) is 12.4. The minimum Gasteiger partial charge on any atom is -0.389 e. The molecular weight excluding hydrogens is 250 g/mol. The number of anilines is 2. The molecule has 0 aliphatic heterocycles. The van der Waals surface area contributed by atoms with Gasteiger partial charge in [-0.2, -0.15) is 0 Å². The van der Waals surface area contributed by atoms with Crippen LogP contribution in [-0.2, 0) is 0 Å². The molecule has 0 amide bonds. The summed E-state index contributed by atoms with van der Waals surface area (Å²) in [5.74, 6) is 0. The molecule has 0 aliphatic rings. The Morgan fingerprint density at radius 1 is 1.35 bits per heavy atom. The lowest BCUT2D eigenvalue weighted by molar-refractivity contribution is 1.14. The summed E-state index contributed by atoms with van der Waals surface area (Å²) >= 11 is 6.55. The van der Waals surface area contributed by atoms with E-state index >= 15 is 0 Å². The summed E-state index contributed by atoms with van der Waals surface area (Å²) in [6.45, 7) is 1.99. The standard InChI is InChI=1S/C12H13N3S2/c1-8-7-17-12(14-8)15(2)10-5-3-9(4-6-10)11(13)16/h3-7H,1-2H3,(H2,13,16). The van der Waals surface area contributed by atoms with Gasteiger partial charge in [-0.15, -0.1) is 11.3 Å². The van der Waals surface area contributed by atoms with Gasteiger partial charge in [0, 0.05) is 23.7 Å². The van der Waals surface area contributed by atoms with Gasteiger partial charge in [0.15, 0.2) is 5.13 Å². The van der Waals surface area contributed by atoms with Gasteiger partial charge < -0.3 is 10.6 Å². The molecule has 0 radical (unpaired) electrons. The van der Waals surface area contributed by atoms with E-state index in [-0.39, 0.29) is 0 Å². The van der Waals surface area contributed by atoms with E-state index in [0.717, 1.165) is 22.1 Å². The third kappa shape index (κ3) is 2.62. The van der Waals surface area contributed by atoms with Crippen LogP contribution < -0.4 is 10.6 Å². The van der Waals surface area contributed by atoms with Crippen LogP contribution >= 0.6 is 23.6 Å². The fourth-order valence-corrected chi connectivity index (χ4v) is 2.38. The Morgan fingerprint density at radius 2 is 2.00 bits per heavy atom. The average Bonchev–Trinajstić information content (AvgIpc) is 2.75. The van der Waals surface area contributed by atoms with E-state index in [1.807, 2.05) is 48.5 Å². The SMILES string of the molecule is Cc1csc(N(C)c2ccc(C(N)=S)cc2)n1. The quantitative estimate of drug-likeness (QED) is 0.865. The zero-order valence-corrected chi connectivity index (χ0v) is 11.3. The third-order valence-electron chi connectivity index (χ3n) is 2.43. The monoisotopic (exact) mass is 263 g/mol. The van der Waals surface area contributed by atoms with Gasteiger partial charge in [-0.3, -0.25) is 0 Å². The molecule has 0 aliphatic carbocycles. The summed E-state index contributed by atoms with van der Waals surface area (Å²) in [5, 5.41) is 3.01. The number of benzene rings is 1. The molecule has 88 valence electrons. The molecule has 0 unspecified atom stereocenters. The van der Waals surface area contributed by atoms with E-state index in [1.165, 1.54) is 0 Å². The van der Waals surface area contributed by atoms with Crippen LogP contribution in [0.5, 0.6) is 0 Å². The van der Waals surface area contributed by atoms with Gasteiger partial charge >= 0.3 is 0 Å². The van der Waals surface area contributed by atoms with Gasteiger partial charge in [0.2, 0.25) is 0 Å². The molecule has 2 N–H and O–H groups in total. The zero-order valence-electron chi connectivity index (χ0n) is 9.68. The molecular formula is C12H13N3S2. The fourth-order valence-electron chi connectivity index (χ4n) is 1.46. The molecule has 0 saturated carbocycles. The van der Waals surface area contributed by atoms with Crippen LogP contribution in [0.4, 0.5) is 10.8 Å². The number of nitrogens with two attached hydrogens (primary N) is 1. The smallest absolute Gasteiger partial charge is 0.189 e. The molecule has 1 aromatic carbocycles. The molecule has 3 nitrogen and oxygen atoms in total. The first-order valence-corrected chi connectivity index (χ1v) is 6.42. The first-order valence-electron chi connectivity index (χ1n) is 5.13. The van der Waals surface area contributed by atoms with Gasteiger partial charge in [-0.25, -0.2) is 4.98 Å². The molecule has 1 aromatic heterocycles. The fraction of sp³-hybridized carbons (Fsp3) is 0.167. The maximum absolute atomic E-state index is 5.56. The predicted molar refractivity (Wildman–Crippen MR) is 77.2 cm³/mol. The Morgan fingerprint density at radius 3 is 2.47 bits per heavy atom. The molecule has 0 fully saturated rings. The highest BCUT2D eigenvalue weighted by molar-refractivity contribution is 7.80. The van der Waals surface area contributed by atoms with Crippen molar-refractivity contribution < 1.29 is 0 Å². The number of aromatic nitrogens is 1. The normalized spacial score (nSPS) is 10.2. The van der Waals surface area contributed by atoms with Crippen LogP contribution in [0.3, 0.4) is 0 Å². The Labute approximate surface area is 110 Å². The number of hydrogen-bond donors (Lipinski definition) is 1. The molecule has 17 heavy (non-hydrogen) atoms. The summed E-state index contributed by atoms with van der Waals surface area (Å²) in [6.07, 6.45) is 0. The second-order valence-electron chi connectivity index (χ2n) is 3.74. The summed E-state index contributed by atoms with van der Waals surface area (Å²) in [6, 6.07) is 7.83. The van der Waals surface area contributed by atoms with Crippen molar-refractivity contribution in [2.24, 2.45) is 5.73 Å². The van der Waals surface area contributed by atoms with Crippen molar-refractivity contribution in [1.82, 2.24) is 4.98 Å². The van der Waals surface area contributed by atoms with Crippen LogP contribution in [0.15, 0.2) is 29.6 Å². The van der Waals surface area contributed by atoms with Crippen LogP contribution in [0.1, 0.15) is 11.3 Å². The minimum atomic E-state index is 0.421. The predicted octanol–water partition coefficient (Wildman–Crippen LogP) is 2.85. The highest BCUT2D eigenvalue weighted by Crippen LogP contribution is 2.26. The van der Waals surface area contributed by atoms with Crippen molar-refractivity contribution in [3.63, 3.8) is 0 Å². The lowest BCUT2D eigenvalue weighted by Crippen LogP contribution is -2.11. The van der Waals surface area contributed by atoms with Crippen molar-refractivity contribution in [3.8, 4) is 0 Å². The lowest BCUT2D eigenvalue weighted by Gasteiger charge is -2.16. The van der Waals surface area contributed by atoms with Gasteiger partial charge in [0.25, 0.3) is 0 Å². The Kier molecular flexibility index (Phi) is 3.40. The number of rotatable bonds is 3. The molecule has 0 spiro atoms. The van der Waals surface area contributed by atoms with Crippen LogP contribution in [0.2, 0.25) is 0 Å². The van der Waals surface area contributed by atoms with Gasteiger partial charge in [-0.1, -0.05) is 12.2 Å². The van der Waals surface area contributed by atoms with Gasteiger partial charge in [0.05, 0.1) is 5.69 Å². The summed E-state index contributed by atoms with van der Waals surface area (Å²) in [7, 11) is 1.99. The number of hydrogen-bond acceptors (Lipinski definition) is 4. The molecule has 0 saturated heterocycles. The van der Waals surface area contributed by atoms with Crippen molar-refractivity contribution in [2.75, 3.05) is 11.9 Å². The number of aryl methyl sites for hydroxylation is 1. The van der Waals surface area contributed by atoms with E-state index in [2.05, 4.69) is 4.98 Å². The topological polar surface area (TPSA) is 42.1 Å². The first-order chi connectivity index (χ1) is 8.08. The Balaban J connectivity index is 2.25. The average molecular weight is 263 g/mol. The number of nitrogens with zero attached hydrogens (tertiary/aromatic N) is 2. The van der Waals surface area contributed by atoms with Crippen LogP contribution in [-0.4, -0.2) is 17.0 Å². The van der Waals surface area contributed by atoms with Crippen LogP contribution in [0, 0.1) is 6.92 Å². The highest BCUT2D eigenvalue weighted by atomic mass is 32.1. The maximum Gasteiger partial charge on any atom is 0.189 e. The summed E-state index contributed by atoms with van der Waals surface area (Å²) < 4.78 is 0. The molecule has 0 bridgehead atoms. The lowest BCUT2D eigenvalue weighted by atomic mass is 10.2. The molecule has 1 heterocycles. The second-order valence-corrected chi connectivity index (χ2v) is 5.02. The number of thiocarbonyl (C=S) groups is 1. The van der Waals surface area contributed by atoms with Crippen molar-refractivity contribution >= 4 is 39.4 Å². The van der Waals surface area contributed by atoms with E-state index < -0.39 is 0 Å². The molecule has 2 aromatic rings. The van der Waals surface area contributed by atoms with E-state index in [4.69, 9.17) is 18.0 Å². The number of thiazole rings is 1. The third-order valence-corrected chi connectivity index (χ3v) is 3.70. The van der Waals surface area contributed by atoms with Gasteiger partial charge in [0.1, 0.15) is 4.99 Å². The Hall–Kier alpha value is -1.46. The van der Waals surface area contributed by atoms with E-state index in [9.17, 15) is 0 Å². The summed E-state index contributed by atoms with van der Waals surface area (Å²) in [5.41, 5.74) is 8.55. The van der Waals surface area contributed by atoms with Crippen molar-refractivity contribution in [2.45, 2.75) is 6.92 Å². The molecule has 0 atom stereocenters. The van der Waals surface area contributed by atoms with E-state index in [0.29, 0.717) is 4.99 Å². The van der Waals surface area contributed by atoms with Crippen LogP contribution in [0.25, 0.3) is 0 Å². The molecule has 5 heteroatoms. The maximum atomic E-state index is 5.56. The largest absolute Gasteiger partial charge is 0.389 e.